The molecule has 2 aromatic rings. The first-order valence-corrected chi connectivity index (χ1v) is 12.2. The third-order valence-corrected chi connectivity index (χ3v) is 7.67. The van der Waals surface area contributed by atoms with Gasteiger partial charge in [0.15, 0.2) is 9.84 Å². The first-order chi connectivity index (χ1) is 14.5. The number of amides is 1. The van der Waals surface area contributed by atoms with Gasteiger partial charge in [0, 0.05) is 35.5 Å². The van der Waals surface area contributed by atoms with Crippen LogP contribution in [0.1, 0.15) is 28.7 Å². The van der Waals surface area contributed by atoms with Crippen LogP contribution in [0.4, 0.5) is 5.69 Å². The summed E-state index contributed by atoms with van der Waals surface area (Å²) in [6, 6.07) is 14.0. The van der Waals surface area contributed by atoms with E-state index in [0.29, 0.717) is 31.0 Å². The molecule has 0 radical (unpaired) electrons. The molecule has 1 N–H and O–H groups in total. The molecule has 0 unspecified atom stereocenters. The van der Waals surface area contributed by atoms with E-state index in [1.165, 1.54) is 5.56 Å². The number of sulfone groups is 1. The smallest absolute Gasteiger partial charge is 0.260 e. The first kappa shape index (κ1) is 19.3. The lowest BCUT2D eigenvalue weighted by Crippen LogP contribution is -2.40. The van der Waals surface area contributed by atoms with Crippen LogP contribution in [0.15, 0.2) is 42.5 Å². The molecule has 2 aromatic carbocycles. The van der Waals surface area contributed by atoms with Crippen LogP contribution in [-0.4, -0.2) is 50.4 Å². The van der Waals surface area contributed by atoms with Gasteiger partial charge in [-0.3, -0.25) is 4.79 Å². The van der Waals surface area contributed by atoms with Crippen LogP contribution in [0.5, 0.6) is 0 Å². The van der Waals surface area contributed by atoms with Crippen molar-refractivity contribution in [1.82, 2.24) is 4.90 Å². The van der Waals surface area contributed by atoms with E-state index in [0.717, 1.165) is 41.8 Å². The quantitative estimate of drug-likeness (QED) is 0.764. The van der Waals surface area contributed by atoms with Crippen molar-refractivity contribution in [2.24, 2.45) is 0 Å². The standard InChI is InChI=1S/C23H24N2O4S/c26-23-21(19-5-1-2-6-20(19)24-23)22-18-8-7-16(14-17(18)15-29-22)4-3-9-25-10-12-30(27,28)13-11-25/h1-2,5-8,14H,3-4,9-13,15H2,(H,24,26). The van der Waals surface area contributed by atoms with Crippen molar-refractivity contribution in [2.45, 2.75) is 19.4 Å². The predicted octanol–water partition coefficient (Wildman–Crippen LogP) is 2.70. The van der Waals surface area contributed by atoms with E-state index >= 15 is 0 Å². The second-order valence-electron chi connectivity index (χ2n) is 8.08. The average molecular weight is 425 g/mol. The number of hydrogen-bond donors (Lipinski definition) is 1. The molecular formula is C23H24N2O4S. The van der Waals surface area contributed by atoms with E-state index in [4.69, 9.17) is 4.74 Å². The van der Waals surface area contributed by atoms with Crippen molar-refractivity contribution in [3.05, 3.63) is 64.7 Å². The minimum Gasteiger partial charge on any atom is -0.487 e. The molecule has 3 aliphatic heterocycles. The molecule has 5 rings (SSSR count). The van der Waals surface area contributed by atoms with Crippen molar-refractivity contribution < 1.29 is 17.9 Å². The van der Waals surface area contributed by atoms with Gasteiger partial charge in [-0.05, 0) is 31.0 Å². The Morgan fingerprint density at radius 1 is 1.03 bits per heavy atom. The summed E-state index contributed by atoms with van der Waals surface area (Å²) in [4.78, 5) is 14.8. The number of fused-ring (bicyclic) bond motifs is 2. The van der Waals surface area contributed by atoms with Gasteiger partial charge >= 0.3 is 0 Å². The van der Waals surface area contributed by atoms with Gasteiger partial charge in [-0.15, -0.1) is 0 Å². The molecule has 0 atom stereocenters. The second kappa shape index (κ2) is 7.56. The number of ether oxygens (including phenoxy) is 1. The highest BCUT2D eigenvalue weighted by molar-refractivity contribution is 7.91. The summed E-state index contributed by atoms with van der Waals surface area (Å²) in [5, 5.41) is 2.91. The summed E-state index contributed by atoms with van der Waals surface area (Å²) in [7, 11) is -2.82. The number of nitrogens with one attached hydrogen (secondary N) is 1. The maximum Gasteiger partial charge on any atom is 0.260 e. The zero-order valence-corrected chi connectivity index (χ0v) is 17.5. The van der Waals surface area contributed by atoms with Gasteiger partial charge in [0.25, 0.3) is 5.91 Å². The van der Waals surface area contributed by atoms with Gasteiger partial charge in [0.05, 0.1) is 17.1 Å². The van der Waals surface area contributed by atoms with Crippen LogP contribution in [-0.2, 0) is 32.4 Å². The predicted molar refractivity (Wildman–Crippen MR) is 117 cm³/mol. The highest BCUT2D eigenvalue weighted by Gasteiger charge is 2.32. The SMILES string of the molecule is O=C1Nc2ccccc2C1=C1OCc2cc(CCCN3CCS(=O)(=O)CC3)ccc21. The first-order valence-electron chi connectivity index (χ1n) is 10.3. The van der Waals surface area contributed by atoms with Crippen LogP contribution < -0.4 is 5.32 Å². The molecule has 30 heavy (non-hydrogen) atoms. The maximum atomic E-state index is 12.5. The molecule has 0 saturated carbocycles. The Hall–Kier alpha value is -2.64. The minimum atomic E-state index is -2.82. The fraction of sp³-hybridized carbons (Fsp3) is 0.348. The largest absolute Gasteiger partial charge is 0.487 e. The minimum absolute atomic E-state index is 0.119. The number of carbonyl (C=O) groups excluding carboxylic acids is 1. The van der Waals surface area contributed by atoms with Crippen molar-refractivity contribution in [3.8, 4) is 0 Å². The lowest BCUT2D eigenvalue weighted by molar-refractivity contribution is -0.110. The van der Waals surface area contributed by atoms with Gasteiger partial charge in [0.1, 0.15) is 12.4 Å². The molecule has 7 heteroatoms. The molecule has 0 spiro atoms. The monoisotopic (exact) mass is 424 g/mol. The Kier molecular flexibility index (Phi) is 4.87. The van der Waals surface area contributed by atoms with E-state index in [1.807, 2.05) is 24.3 Å². The van der Waals surface area contributed by atoms with E-state index < -0.39 is 9.84 Å². The van der Waals surface area contributed by atoms with Crippen LogP contribution in [0, 0.1) is 0 Å². The van der Waals surface area contributed by atoms with Crippen molar-refractivity contribution in [2.75, 3.05) is 36.5 Å². The van der Waals surface area contributed by atoms with Crippen molar-refractivity contribution in [3.63, 3.8) is 0 Å². The summed E-state index contributed by atoms with van der Waals surface area (Å²) in [6.45, 7) is 2.67. The second-order valence-corrected chi connectivity index (χ2v) is 10.4. The van der Waals surface area contributed by atoms with E-state index in [-0.39, 0.29) is 17.4 Å². The molecule has 1 amide bonds. The summed E-state index contributed by atoms with van der Waals surface area (Å²) < 4.78 is 29.0. The van der Waals surface area contributed by atoms with Crippen LogP contribution in [0.25, 0.3) is 11.3 Å². The highest BCUT2D eigenvalue weighted by atomic mass is 32.2. The topological polar surface area (TPSA) is 75.7 Å². The fourth-order valence-corrected chi connectivity index (χ4v) is 5.68. The Bertz CT molecular complexity index is 1140. The number of rotatable bonds is 4. The highest BCUT2D eigenvalue weighted by Crippen LogP contribution is 2.41. The summed E-state index contributed by atoms with van der Waals surface area (Å²) in [6.07, 6.45) is 1.93. The van der Waals surface area contributed by atoms with Gasteiger partial charge in [-0.1, -0.05) is 36.4 Å². The Morgan fingerprint density at radius 2 is 1.83 bits per heavy atom. The number of para-hydroxylation sites is 1. The molecule has 1 fully saturated rings. The molecule has 0 aliphatic carbocycles. The number of aryl methyl sites for hydroxylation is 1. The maximum absolute atomic E-state index is 12.5. The lowest BCUT2D eigenvalue weighted by atomic mass is 9.98. The van der Waals surface area contributed by atoms with E-state index in [1.54, 1.807) is 0 Å². The van der Waals surface area contributed by atoms with Crippen LogP contribution in [0.3, 0.4) is 0 Å². The average Bonchev–Trinajstić information content (AvgIpc) is 3.28. The third kappa shape index (κ3) is 3.63. The van der Waals surface area contributed by atoms with Gasteiger partial charge < -0.3 is 15.0 Å². The normalized spacial score (nSPS) is 22.3. The van der Waals surface area contributed by atoms with Crippen molar-refractivity contribution >= 4 is 32.8 Å². The molecule has 3 heterocycles. The molecule has 3 aliphatic rings. The molecule has 0 bridgehead atoms. The van der Waals surface area contributed by atoms with Gasteiger partial charge in [0.2, 0.25) is 0 Å². The number of benzene rings is 2. The third-order valence-electron chi connectivity index (χ3n) is 6.06. The molecule has 156 valence electrons. The Morgan fingerprint density at radius 3 is 2.67 bits per heavy atom. The lowest BCUT2D eigenvalue weighted by Gasteiger charge is -2.26. The van der Waals surface area contributed by atoms with E-state index in [2.05, 4.69) is 28.4 Å². The number of hydrogen-bond acceptors (Lipinski definition) is 5. The summed E-state index contributed by atoms with van der Waals surface area (Å²) in [5.74, 6) is 1.09. The van der Waals surface area contributed by atoms with E-state index in [9.17, 15) is 13.2 Å². The molecule has 1 saturated heterocycles. The zero-order valence-electron chi connectivity index (χ0n) is 16.7. The number of anilines is 1. The number of nitrogens with zero attached hydrogens (tertiary/aromatic N) is 1. The zero-order chi connectivity index (χ0) is 20.7. The van der Waals surface area contributed by atoms with Gasteiger partial charge in [-0.2, -0.15) is 0 Å². The Balaban J connectivity index is 1.29. The van der Waals surface area contributed by atoms with Crippen LogP contribution >= 0.6 is 0 Å². The Labute approximate surface area is 176 Å². The number of carbonyl (C=O) groups is 1. The summed E-state index contributed by atoms with van der Waals surface area (Å²) >= 11 is 0. The van der Waals surface area contributed by atoms with Crippen LogP contribution in [0.2, 0.25) is 0 Å². The van der Waals surface area contributed by atoms with Gasteiger partial charge in [-0.25, -0.2) is 8.42 Å². The van der Waals surface area contributed by atoms with Crippen molar-refractivity contribution in [1.29, 1.82) is 0 Å². The fourth-order valence-electron chi connectivity index (χ4n) is 4.40. The molecule has 6 nitrogen and oxygen atoms in total. The summed E-state index contributed by atoms with van der Waals surface area (Å²) in [5.41, 5.74) is 5.65. The molecule has 0 aromatic heterocycles. The molecular weight excluding hydrogens is 400 g/mol.